The number of hydrogen-bond acceptors (Lipinski definition) is 6. The van der Waals surface area contributed by atoms with Gasteiger partial charge in [0.1, 0.15) is 11.6 Å². The monoisotopic (exact) mass is 565 g/mol. The molecule has 1 aliphatic carbocycles. The van der Waals surface area contributed by atoms with Gasteiger partial charge in [0.15, 0.2) is 0 Å². The van der Waals surface area contributed by atoms with E-state index in [1.165, 1.54) is 47.8 Å². The Morgan fingerprint density at radius 3 is 1.85 bits per heavy atom. The smallest absolute Gasteiger partial charge is 0.411 e. The standard InChI is InChI=1S/C19H27NO4.C15H20O2/c1-13-7-6-8-14(11-13)15-9-10-20(16(12-15)17(21)23-5)18(22)24-19(2,3)4;1-11-5-3-6-12(9-11)13-7-4-8-14(10-13)15(16)17-2/h6-8,11,15-16H,9-10,12H2,1-5H3;3,5-6,9,13-14H,4,7-8,10H2,1-2H3. The maximum Gasteiger partial charge on any atom is 0.411 e. The van der Waals surface area contributed by atoms with Crippen molar-refractivity contribution < 1.29 is 28.6 Å². The molecule has 0 bridgehead atoms. The van der Waals surface area contributed by atoms with Gasteiger partial charge in [-0.2, -0.15) is 0 Å². The lowest BCUT2D eigenvalue weighted by Crippen LogP contribution is -2.51. The third-order valence-corrected chi connectivity index (χ3v) is 7.94. The average molecular weight is 566 g/mol. The highest BCUT2D eigenvalue weighted by Crippen LogP contribution is 2.37. The van der Waals surface area contributed by atoms with Gasteiger partial charge >= 0.3 is 18.0 Å². The topological polar surface area (TPSA) is 82.1 Å². The Kier molecular flexibility index (Phi) is 11.4. The Bertz CT molecular complexity index is 1190. The van der Waals surface area contributed by atoms with E-state index in [4.69, 9.17) is 14.2 Å². The fourth-order valence-electron chi connectivity index (χ4n) is 5.89. The SMILES string of the molecule is COC(=O)C1CC(c2cccc(C)c2)CCN1C(=O)OC(C)(C)C.COC(=O)C1CCCC(c2cccc(C)c2)C1. The molecular formula is C34H47NO6. The molecule has 4 atom stereocenters. The van der Waals surface area contributed by atoms with E-state index in [1.807, 2.05) is 26.8 Å². The number of nitrogens with zero attached hydrogens (tertiary/aromatic N) is 1. The van der Waals surface area contributed by atoms with Crippen LogP contribution in [0.3, 0.4) is 0 Å². The predicted molar refractivity (Wildman–Crippen MR) is 160 cm³/mol. The Morgan fingerprint density at radius 2 is 1.34 bits per heavy atom. The van der Waals surface area contributed by atoms with Crippen molar-refractivity contribution in [3.63, 3.8) is 0 Å². The van der Waals surface area contributed by atoms with Crippen molar-refractivity contribution >= 4 is 18.0 Å². The molecule has 2 fully saturated rings. The maximum absolute atomic E-state index is 12.4. The van der Waals surface area contributed by atoms with Crippen LogP contribution in [0.15, 0.2) is 48.5 Å². The maximum atomic E-state index is 12.4. The first kappa shape index (κ1) is 32.2. The van der Waals surface area contributed by atoms with Crippen molar-refractivity contribution in [2.24, 2.45) is 5.92 Å². The zero-order valence-corrected chi connectivity index (χ0v) is 25.8. The molecule has 1 aliphatic heterocycles. The molecule has 2 aliphatic rings. The first-order valence-electron chi connectivity index (χ1n) is 14.7. The van der Waals surface area contributed by atoms with Crippen molar-refractivity contribution in [3.8, 4) is 0 Å². The quantitative estimate of drug-likeness (QED) is 0.291. The number of amides is 1. The molecule has 224 valence electrons. The minimum Gasteiger partial charge on any atom is -0.469 e. The fraction of sp³-hybridized carbons (Fsp3) is 0.559. The third kappa shape index (κ3) is 9.34. The van der Waals surface area contributed by atoms with Gasteiger partial charge in [0.25, 0.3) is 0 Å². The van der Waals surface area contributed by atoms with E-state index in [9.17, 15) is 14.4 Å². The number of rotatable bonds is 4. The summed E-state index contributed by atoms with van der Waals surface area (Å²) in [6, 6.07) is 16.3. The third-order valence-electron chi connectivity index (χ3n) is 7.94. The van der Waals surface area contributed by atoms with E-state index >= 15 is 0 Å². The van der Waals surface area contributed by atoms with Gasteiger partial charge in [-0.3, -0.25) is 9.69 Å². The Morgan fingerprint density at radius 1 is 0.780 bits per heavy atom. The minimum atomic E-state index is -0.607. The van der Waals surface area contributed by atoms with Gasteiger partial charge in [0, 0.05) is 6.54 Å². The van der Waals surface area contributed by atoms with Gasteiger partial charge in [-0.25, -0.2) is 9.59 Å². The Balaban J connectivity index is 0.000000239. The van der Waals surface area contributed by atoms with Gasteiger partial charge in [-0.15, -0.1) is 0 Å². The molecule has 0 N–H and O–H groups in total. The molecule has 2 aromatic carbocycles. The molecule has 7 heteroatoms. The number of methoxy groups -OCH3 is 2. The summed E-state index contributed by atoms with van der Waals surface area (Å²) in [5, 5.41) is 0. The number of esters is 2. The summed E-state index contributed by atoms with van der Waals surface area (Å²) >= 11 is 0. The van der Waals surface area contributed by atoms with Crippen molar-refractivity contribution in [2.75, 3.05) is 20.8 Å². The molecular weight excluding hydrogens is 518 g/mol. The number of piperidine rings is 1. The van der Waals surface area contributed by atoms with Crippen LogP contribution in [0.25, 0.3) is 0 Å². The molecule has 0 spiro atoms. The lowest BCUT2D eigenvalue weighted by Gasteiger charge is -2.38. The van der Waals surface area contributed by atoms with E-state index in [1.54, 1.807) is 0 Å². The molecule has 0 radical (unpaired) electrons. The van der Waals surface area contributed by atoms with Gasteiger partial charge < -0.3 is 14.2 Å². The Hall–Kier alpha value is -3.35. The van der Waals surface area contributed by atoms with Crippen LogP contribution in [0, 0.1) is 19.8 Å². The molecule has 4 unspecified atom stereocenters. The van der Waals surface area contributed by atoms with Crippen LogP contribution < -0.4 is 0 Å². The van der Waals surface area contributed by atoms with Crippen LogP contribution in [0.2, 0.25) is 0 Å². The molecule has 41 heavy (non-hydrogen) atoms. The number of aryl methyl sites for hydroxylation is 2. The van der Waals surface area contributed by atoms with Crippen LogP contribution in [0.5, 0.6) is 0 Å². The van der Waals surface area contributed by atoms with Crippen LogP contribution in [0.4, 0.5) is 4.79 Å². The molecule has 1 saturated carbocycles. The van der Waals surface area contributed by atoms with Crippen molar-refractivity contribution in [1.82, 2.24) is 4.90 Å². The van der Waals surface area contributed by atoms with Crippen molar-refractivity contribution in [1.29, 1.82) is 0 Å². The summed E-state index contributed by atoms with van der Waals surface area (Å²) < 4.78 is 15.2. The summed E-state index contributed by atoms with van der Waals surface area (Å²) in [6.07, 6.45) is 5.13. The molecule has 1 heterocycles. The number of benzene rings is 2. The minimum absolute atomic E-state index is 0.0395. The molecule has 1 saturated heterocycles. The number of ether oxygens (including phenoxy) is 3. The summed E-state index contributed by atoms with van der Waals surface area (Å²) in [4.78, 5) is 37.7. The second-order valence-electron chi connectivity index (χ2n) is 12.3. The van der Waals surface area contributed by atoms with E-state index in [-0.39, 0.29) is 17.8 Å². The Labute approximate surface area is 245 Å². The highest BCUT2D eigenvalue weighted by atomic mass is 16.6. The summed E-state index contributed by atoms with van der Waals surface area (Å²) in [5.74, 6) is 0.417. The number of hydrogen-bond donors (Lipinski definition) is 0. The zero-order chi connectivity index (χ0) is 30.2. The number of carbonyl (C=O) groups excluding carboxylic acids is 3. The van der Waals surface area contributed by atoms with E-state index in [0.29, 0.717) is 18.9 Å². The normalized spacial score (nSPS) is 22.6. The molecule has 7 nitrogen and oxygen atoms in total. The van der Waals surface area contributed by atoms with Gasteiger partial charge in [0.2, 0.25) is 0 Å². The molecule has 2 aromatic rings. The second kappa shape index (κ2) is 14.5. The van der Waals surface area contributed by atoms with E-state index in [2.05, 4.69) is 56.3 Å². The summed E-state index contributed by atoms with van der Waals surface area (Å²) in [6.45, 7) is 10.1. The van der Waals surface area contributed by atoms with Crippen LogP contribution in [0.1, 0.15) is 93.4 Å². The molecule has 0 aromatic heterocycles. The predicted octanol–water partition coefficient (Wildman–Crippen LogP) is 7.09. The highest BCUT2D eigenvalue weighted by molar-refractivity contribution is 5.82. The number of likely N-dealkylation sites (tertiary alicyclic amines) is 1. The van der Waals surface area contributed by atoms with Crippen molar-refractivity contribution in [3.05, 3.63) is 70.8 Å². The summed E-state index contributed by atoms with van der Waals surface area (Å²) in [7, 11) is 2.84. The summed E-state index contributed by atoms with van der Waals surface area (Å²) in [5.41, 5.74) is 4.47. The van der Waals surface area contributed by atoms with Gasteiger partial charge in [-0.1, -0.05) is 66.1 Å². The van der Waals surface area contributed by atoms with Gasteiger partial charge in [-0.05, 0) is 89.7 Å². The first-order chi connectivity index (χ1) is 19.4. The molecule has 1 amide bonds. The second-order valence-corrected chi connectivity index (χ2v) is 12.3. The van der Waals surface area contributed by atoms with Crippen molar-refractivity contribution in [2.45, 2.75) is 96.6 Å². The first-order valence-corrected chi connectivity index (χ1v) is 14.7. The van der Waals surface area contributed by atoms with Crippen LogP contribution >= 0.6 is 0 Å². The van der Waals surface area contributed by atoms with E-state index < -0.39 is 23.7 Å². The fourth-order valence-corrected chi connectivity index (χ4v) is 5.89. The lowest BCUT2D eigenvalue weighted by atomic mass is 9.78. The average Bonchev–Trinajstić information content (AvgIpc) is 2.95. The molecule has 4 rings (SSSR count). The number of carbonyl (C=O) groups is 3. The van der Waals surface area contributed by atoms with Crippen LogP contribution in [-0.2, 0) is 23.8 Å². The van der Waals surface area contributed by atoms with E-state index in [0.717, 1.165) is 25.7 Å². The highest BCUT2D eigenvalue weighted by Gasteiger charge is 2.39. The zero-order valence-electron chi connectivity index (χ0n) is 25.8. The van der Waals surface area contributed by atoms with Gasteiger partial charge in [0.05, 0.1) is 20.1 Å². The lowest BCUT2D eigenvalue weighted by molar-refractivity contribution is -0.148. The van der Waals surface area contributed by atoms with Crippen LogP contribution in [-0.4, -0.2) is 55.3 Å². The largest absolute Gasteiger partial charge is 0.469 e.